The molecular formula is C18H17F2NO3. The van der Waals surface area contributed by atoms with Crippen LogP contribution < -0.4 is 5.32 Å². The summed E-state index contributed by atoms with van der Waals surface area (Å²) < 4.78 is 31.1. The molecule has 24 heavy (non-hydrogen) atoms. The van der Waals surface area contributed by atoms with Crippen LogP contribution in [0.4, 0.5) is 14.5 Å². The van der Waals surface area contributed by atoms with Crippen molar-refractivity contribution in [2.75, 3.05) is 11.9 Å². The topological polar surface area (TPSA) is 55.4 Å². The van der Waals surface area contributed by atoms with Crippen molar-refractivity contribution in [2.45, 2.75) is 13.8 Å². The second-order valence-corrected chi connectivity index (χ2v) is 5.65. The fourth-order valence-electron chi connectivity index (χ4n) is 1.86. The van der Waals surface area contributed by atoms with Crippen LogP contribution in [0.25, 0.3) is 0 Å². The number of esters is 1. The van der Waals surface area contributed by atoms with Gasteiger partial charge in [0.2, 0.25) is 0 Å². The van der Waals surface area contributed by atoms with E-state index in [0.717, 1.165) is 12.1 Å². The van der Waals surface area contributed by atoms with Crippen LogP contribution in [0.5, 0.6) is 0 Å². The third kappa shape index (κ3) is 4.62. The maximum atomic E-state index is 13.1. The third-order valence-electron chi connectivity index (χ3n) is 3.11. The van der Waals surface area contributed by atoms with Crippen molar-refractivity contribution < 1.29 is 23.1 Å². The van der Waals surface area contributed by atoms with Gasteiger partial charge in [-0.3, -0.25) is 4.79 Å². The van der Waals surface area contributed by atoms with Crippen molar-refractivity contribution in [2.24, 2.45) is 5.92 Å². The number of carbonyl (C=O) groups excluding carboxylic acids is 2. The molecule has 0 fully saturated rings. The first-order valence-corrected chi connectivity index (χ1v) is 7.40. The van der Waals surface area contributed by atoms with Gasteiger partial charge in [0.1, 0.15) is 0 Å². The molecule has 0 saturated heterocycles. The van der Waals surface area contributed by atoms with E-state index in [9.17, 15) is 18.4 Å². The Bertz CT molecular complexity index is 742. The van der Waals surface area contributed by atoms with Gasteiger partial charge in [0.15, 0.2) is 11.6 Å². The van der Waals surface area contributed by atoms with Crippen LogP contribution in [0.1, 0.15) is 34.6 Å². The second kappa shape index (κ2) is 7.68. The van der Waals surface area contributed by atoms with Gasteiger partial charge in [0, 0.05) is 11.3 Å². The Kier molecular flexibility index (Phi) is 5.63. The van der Waals surface area contributed by atoms with E-state index in [1.54, 1.807) is 0 Å². The molecule has 6 heteroatoms. The van der Waals surface area contributed by atoms with E-state index in [2.05, 4.69) is 5.32 Å². The Morgan fingerprint density at radius 2 is 1.62 bits per heavy atom. The van der Waals surface area contributed by atoms with Crippen LogP contribution in [0.2, 0.25) is 0 Å². The lowest BCUT2D eigenvalue weighted by molar-refractivity contribution is 0.0459. The fourth-order valence-corrected chi connectivity index (χ4v) is 1.86. The summed E-state index contributed by atoms with van der Waals surface area (Å²) in [6, 6.07) is 8.99. The molecule has 0 bridgehead atoms. The lowest BCUT2D eigenvalue weighted by atomic mass is 10.1. The van der Waals surface area contributed by atoms with Gasteiger partial charge >= 0.3 is 5.97 Å². The number of halogens is 2. The van der Waals surface area contributed by atoms with Gasteiger partial charge in [-0.15, -0.1) is 0 Å². The highest BCUT2D eigenvalue weighted by molar-refractivity contribution is 6.04. The number of amides is 1. The van der Waals surface area contributed by atoms with E-state index in [4.69, 9.17) is 4.74 Å². The van der Waals surface area contributed by atoms with Crippen molar-refractivity contribution in [3.05, 3.63) is 65.2 Å². The number of hydrogen-bond donors (Lipinski definition) is 1. The molecule has 0 aliphatic carbocycles. The maximum Gasteiger partial charge on any atom is 0.338 e. The summed E-state index contributed by atoms with van der Waals surface area (Å²) in [5, 5.41) is 2.54. The Hall–Kier alpha value is -2.76. The zero-order chi connectivity index (χ0) is 17.7. The maximum absolute atomic E-state index is 13.1. The van der Waals surface area contributed by atoms with E-state index in [-0.39, 0.29) is 11.5 Å². The van der Waals surface area contributed by atoms with Gasteiger partial charge in [-0.1, -0.05) is 13.8 Å². The Labute approximate surface area is 138 Å². The van der Waals surface area contributed by atoms with E-state index in [1.165, 1.54) is 30.3 Å². The summed E-state index contributed by atoms with van der Waals surface area (Å²) in [5.41, 5.74) is 0.779. The third-order valence-corrected chi connectivity index (χ3v) is 3.11. The first kappa shape index (κ1) is 17.6. The monoisotopic (exact) mass is 333 g/mol. The van der Waals surface area contributed by atoms with Gasteiger partial charge in [0.05, 0.1) is 12.2 Å². The smallest absolute Gasteiger partial charge is 0.338 e. The number of rotatable bonds is 5. The quantitative estimate of drug-likeness (QED) is 0.841. The number of anilines is 1. The van der Waals surface area contributed by atoms with E-state index in [0.29, 0.717) is 17.9 Å². The highest BCUT2D eigenvalue weighted by Gasteiger charge is 2.11. The number of nitrogens with one attached hydrogen (secondary N) is 1. The van der Waals surface area contributed by atoms with Crippen LogP contribution in [-0.2, 0) is 4.74 Å². The summed E-state index contributed by atoms with van der Waals surface area (Å²) in [6.45, 7) is 4.20. The van der Waals surface area contributed by atoms with E-state index >= 15 is 0 Å². The lowest BCUT2D eigenvalue weighted by Crippen LogP contribution is -2.13. The van der Waals surface area contributed by atoms with E-state index < -0.39 is 23.5 Å². The van der Waals surface area contributed by atoms with Crippen molar-refractivity contribution in [3.63, 3.8) is 0 Å². The predicted octanol–water partition coefficient (Wildman–Crippen LogP) is 4.03. The van der Waals surface area contributed by atoms with Crippen LogP contribution >= 0.6 is 0 Å². The molecule has 1 N–H and O–H groups in total. The molecule has 0 heterocycles. The molecule has 1 amide bonds. The van der Waals surface area contributed by atoms with Gasteiger partial charge < -0.3 is 10.1 Å². The summed E-state index contributed by atoms with van der Waals surface area (Å²) in [7, 11) is 0. The molecule has 0 unspecified atom stereocenters. The average molecular weight is 333 g/mol. The van der Waals surface area contributed by atoms with Crippen LogP contribution in [0.3, 0.4) is 0 Å². The Morgan fingerprint density at radius 1 is 1.00 bits per heavy atom. The highest BCUT2D eigenvalue weighted by atomic mass is 19.2. The largest absolute Gasteiger partial charge is 0.462 e. The van der Waals surface area contributed by atoms with Gasteiger partial charge in [-0.2, -0.15) is 0 Å². The first-order chi connectivity index (χ1) is 11.4. The standard InChI is InChI=1S/C18H17F2NO3/c1-11(2)10-24-18(23)12-3-6-14(7-4-12)21-17(22)13-5-8-15(19)16(20)9-13/h3-9,11H,10H2,1-2H3,(H,21,22). The van der Waals surface area contributed by atoms with Gasteiger partial charge in [-0.25, -0.2) is 13.6 Å². The zero-order valence-corrected chi connectivity index (χ0v) is 13.3. The number of carbonyl (C=O) groups is 2. The molecule has 4 nitrogen and oxygen atoms in total. The highest BCUT2D eigenvalue weighted by Crippen LogP contribution is 2.14. The van der Waals surface area contributed by atoms with Crippen molar-refractivity contribution in [1.29, 1.82) is 0 Å². The first-order valence-electron chi connectivity index (χ1n) is 7.40. The molecule has 0 radical (unpaired) electrons. The second-order valence-electron chi connectivity index (χ2n) is 5.65. The minimum absolute atomic E-state index is 0.00526. The molecule has 2 aromatic carbocycles. The predicted molar refractivity (Wildman–Crippen MR) is 85.9 cm³/mol. The molecule has 126 valence electrons. The number of hydrogen-bond acceptors (Lipinski definition) is 3. The van der Waals surface area contributed by atoms with Crippen molar-refractivity contribution in [3.8, 4) is 0 Å². The van der Waals surface area contributed by atoms with Gasteiger partial charge in [-0.05, 0) is 48.4 Å². The normalized spacial score (nSPS) is 10.5. The lowest BCUT2D eigenvalue weighted by Gasteiger charge is -2.08. The molecule has 2 rings (SSSR count). The number of benzene rings is 2. The SMILES string of the molecule is CC(C)COC(=O)c1ccc(NC(=O)c2ccc(F)c(F)c2)cc1. The van der Waals surface area contributed by atoms with Crippen LogP contribution in [0.15, 0.2) is 42.5 Å². The summed E-state index contributed by atoms with van der Waals surface area (Å²) in [5.74, 6) is -2.89. The zero-order valence-electron chi connectivity index (χ0n) is 13.3. The minimum Gasteiger partial charge on any atom is -0.462 e. The fraction of sp³-hybridized carbons (Fsp3) is 0.222. The molecule has 0 aromatic heterocycles. The van der Waals surface area contributed by atoms with Crippen LogP contribution in [-0.4, -0.2) is 18.5 Å². The molecule has 0 atom stereocenters. The molecule has 0 aliphatic heterocycles. The average Bonchev–Trinajstić information content (AvgIpc) is 2.55. The molecule has 0 aliphatic rings. The van der Waals surface area contributed by atoms with E-state index in [1.807, 2.05) is 13.8 Å². The minimum atomic E-state index is -1.09. The summed E-state index contributed by atoms with van der Waals surface area (Å²) in [6.07, 6.45) is 0. The molecule has 0 spiro atoms. The van der Waals surface area contributed by atoms with Gasteiger partial charge in [0.25, 0.3) is 5.91 Å². The Morgan fingerprint density at radius 3 is 2.21 bits per heavy atom. The van der Waals surface area contributed by atoms with Crippen molar-refractivity contribution >= 4 is 17.6 Å². The molecule has 2 aromatic rings. The van der Waals surface area contributed by atoms with Crippen molar-refractivity contribution in [1.82, 2.24) is 0 Å². The van der Waals surface area contributed by atoms with Crippen LogP contribution in [0, 0.1) is 17.6 Å². The summed E-state index contributed by atoms with van der Waals surface area (Å²) in [4.78, 5) is 23.8. The molecular weight excluding hydrogens is 316 g/mol. The summed E-state index contributed by atoms with van der Waals surface area (Å²) >= 11 is 0. The number of ether oxygens (including phenoxy) is 1. The molecule has 0 saturated carbocycles. The Balaban J connectivity index is 2.01.